The number of hydrogen-bond donors (Lipinski definition) is 2. The average molecular weight is 241 g/mol. The SMILES string of the molecule is CCC1CCNC(C2(O)CCOC(CC)C2)C1. The molecule has 17 heavy (non-hydrogen) atoms. The molecule has 0 spiro atoms. The van der Waals surface area contributed by atoms with Crippen molar-refractivity contribution in [2.24, 2.45) is 5.92 Å². The van der Waals surface area contributed by atoms with Gasteiger partial charge in [-0.1, -0.05) is 20.3 Å². The van der Waals surface area contributed by atoms with Gasteiger partial charge in [-0.2, -0.15) is 0 Å². The van der Waals surface area contributed by atoms with Crippen LogP contribution in [0.3, 0.4) is 0 Å². The Hall–Kier alpha value is -0.120. The summed E-state index contributed by atoms with van der Waals surface area (Å²) in [6.07, 6.45) is 6.47. The first kappa shape index (κ1) is 13.3. The summed E-state index contributed by atoms with van der Waals surface area (Å²) in [7, 11) is 0. The monoisotopic (exact) mass is 241 g/mol. The summed E-state index contributed by atoms with van der Waals surface area (Å²) in [5.74, 6) is 0.785. The second kappa shape index (κ2) is 5.68. The molecular formula is C14H27NO2. The van der Waals surface area contributed by atoms with Gasteiger partial charge in [0, 0.05) is 25.5 Å². The van der Waals surface area contributed by atoms with Crippen LogP contribution in [0.4, 0.5) is 0 Å². The van der Waals surface area contributed by atoms with Crippen LogP contribution in [0.1, 0.15) is 52.4 Å². The molecule has 2 fully saturated rings. The first-order valence-electron chi connectivity index (χ1n) is 7.25. The molecule has 0 aromatic carbocycles. The summed E-state index contributed by atoms with van der Waals surface area (Å²) in [6.45, 7) is 6.17. The predicted octanol–water partition coefficient (Wildman–Crippen LogP) is 2.08. The zero-order valence-electron chi connectivity index (χ0n) is 11.2. The fourth-order valence-electron chi connectivity index (χ4n) is 3.31. The van der Waals surface area contributed by atoms with E-state index >= 15 is 0 Å². The van der Waals surface area contributed by atoms with Crippen molar-refractivity contribution in [2.75, 3.05) is 13.2 Å². The molecule has 0 bridgehead atoms. The second-order valence-corrected chi connectivity index (χ2v) is 5.76. The van der Waals surface area contributed by atoms with Gasteiger partial charge in [-0.25, -0.2) is 0 Å². The number of ether oxygens (including phenoxy) is 1. The van der Waals surface area contributed by atoms with E-state index in [4.69, 9.17) is 4.74 Å². The lowest BCUT2D eigenvalue weighted by Gasteiger charge is -2.45. The summed E-state index contributed by atoms with van der Waals surface area (Å²) >= 11 is 0. The van der Waals surface area contributed by atoms with E-state index in [9.17, 15) is 5.11 Å². The molecule has 0 aromatic rings. The summed E-state index contributed by atoms with van der Waals surface area (Å²) in [4.78, 5) is 0. The molecule has 2 N–H and O–H groups in total. The van der Waals surface area contributed by atoms with E-state index in [1.165, 1.54) is 12.8 Å². The quantitative estimate of drug-likeness (QED) is 0.795. The summed E-state index contributed by atoms with van der Waals surface area (Å²) in [5.41, 5.74) is -0.535. The molecule has 0 radical (unpaired) electrons. The lowest BCUT2D eigenvalue weighted by molar-refractivity contribution is -0.126. The number of rotatable bonds is 3. The van der Waals surface area contributed by atoms with Crippen molar-refractivity contribution in [1.82, 2.24) is 5.32 Å². The summed E-state index contributed by atoms with van der Waals surface area (Å²) in [6, 6.07) is 0.277. The molecule has 0 saturated carbocycles. The molecule has 4 atom stereocenters. The third-order valence-corrected chi connectivity index (χ3v) is 4.66. The van der Waals surface area contributed by atoms with Crippen molar-refractivity contribution < 1.29 is 9.84 Å². The summed E-state index contributed by atoms with van der Waals surface area (Å²) < 4.78 is 5.68. The maximum Gasteiger partial charge on any atom is 0.0846 e. The first-order chi connectivity index (χ1) is 8.18. The van der Waals surface area contributed by atoms with Crippen molar-refractivity contribution in [2.45, 2.75) is 70.1 Å². The Morgan fingerprint density at radius 3 is 2.88 bits per heavy atom. The highest BCUT2D eigenvalue weighted by atomic mass is 16.5. The first-order valence-corrected chi connectivity index (χ1v) is 7.25. The van der Waals surface area contributed by atoms with Gasteiger partial charge >= 0.3 is 0 Å². The minimum Gasteiger partial charge on any atom is -0.388 e. The average Bonchev–Trinajstić information content (AvgIpc) is 2.39. The van der Waals surface area contributed by atoms with Crippen LogP contribution in [0.15, 0.2) is 0 Å². The number of nitrogens with one attached hydrogen (secondary N) is 1. The molecule has 0 aromatic heterocycles. The smallest absolute Gasteiger partial charge is 0.0846 e. The van der Waals surface area contributed by atoms with Crippen molar-refractivity contribution in [3.05, 3.63) is 0 Å². The summed E-state index contributed by atoms with van der Waals surface area (Å²) in [5, 5.41) is 14.4. The Balaban J connectivity index is 1.98. The van der Waals surface area contributed by atoms with E-state index in [-0.39, 0.29) is 12.1 Å². The predicted molar refractivity (Wildman–Crippen MR) is 69.0 cm³/mol. The molecule has 0 amide bonds. The van der Waals surface area contributed by atoms with Gasteiger partial charge in [0.05, 0.1) is 11.7 Å². The molecule has 3 heteroatoms. The van der Waals surface area contributed by atoms with Crippen LogP contribution in [-0.2, 0) is 4.74 Å². The number of piperidine rings is 1. The minimum absolute atomic E-state index is 0.248. The van der Waals surface area contributed by atoms with Gasteiger partial charge in [-0.05, 0) is 31.7 Å². The Labute approximate surface area is 105 Å². The van der Waals surface area contributed by atoms with E-state index in [1.54, 1.807) is 0 Å². The van der Waals surface area contributed by atoms with Gasteiger partial charge in [0.25, 0.3) is 0 Å². The fourth-order valence-corrected chi connectivity index (χ4v) is 3.31. The van der Waals surface area contributed by atoms with Crippen LogP contribution in [0, 0.1) is 5.92 Å². The molecule has 2 aliphatic rings. The standard InChI is InChI=1S/C14H27NO2/c1-3-11-5-7-15-13(9-11)14(16)6-8-17-12(4-2)10-14/h11-13,15-16H,3-10H2,1-2H3. The van der Waals surface area contributed by atoms with E-state index in [0.29, 0.717) is 6.61 Å². The molecule has 4 unspecified atom stereocenters. The van der Waals surface area contributed by atoms with E-state index in [1.807, 2.05) is 0 Å². The third kappa shape index (κ3) is 3.01. The van der Waals surface area contributed by atoms with E-state index in [2.05, 4.69) is 19.2 Å². The van der Waals surface area contributed by atoms with E-state index in [0.717, 1.165) is 38.1 Å². The molecular weight excluding hydrogens is 214 g/mol. The Bertz CT molecular complexity index is 246. The largest absolute Gasteiger partial charge is 0.388 e. The lowest BCUT2D eigenvalue weighted by atomic mass is 9.76. The van der Waals surface area contributed by atoms with Crippen molar-refractivity contribution in [3.63, 3.8) is 0 Å². The number of aliphatic hydroxyl groups is 1. The number of hydrogen-bond acceptors (Lipinski definition) is 3. The van der Waals surface area contributed by atoms with Gasteiger partial charge in [0.1, 0.15) is 0 Å². The van der Waals surface area contributed by atoms with Crippen LogP contribution < -0.4 is 5.32 Å². The van der Waals surface area contributed by atoms with Crippen LogP contribution >= 0.6 is 0 Å². The molecule has 2 saturated heterocycles. The van der Waals surface area contributed by atoms with Crippen LogP contribution in [0.5, 0.6) is 0 Å². The van der Waals surface area contributed by atoms with Gasteiger partial charge < -0.3 is 15.2 Å². The van der Waals surface area contributed by atoms with Gasteiger partial charge in [-0.15, -0.1) is 0 Å². The molecule has 2 heterocycles. The second-order valence-electron chi connectivity index (χ2n) is 5.76. The van der Waals surface area contributed by atoms with Crippen LogP contribution in [0.25, 0.3) is 0 Å². The van der Waals surface area contributed by atoms with Gasteiger partial charge in [-0.3, -0.25) is 0 Å². The third-order valence-electron chi connectivity index (χ3n) is 4.66. The van der Waals surface area contributed by atoms with Crippen molar-refractivity contribution in [1.29, 1.82) is 0 Å². The van der Waals surface area contributed by atoms with Crippen LogP contribution in [0.2, 0.25) is 0 Å². The molecule has 100 valence electrons. The Morgan fingerprint density at radius 1 is 1.35 bits per heavy atom. The normalized spacial score (nSPS) is 43.6. The highest BCUT2D eigenvalue weighted by molar-refractivity contribution is 4.98. The van der Waals surface area contributed by atoms with Crippen molar-refractivity contribution >= 4 is 0 Å². The minimum atomic E-state index is -0.535. The molecule has 2 aliphatic heterocycles. The Kier molecular flexibility index (Phi) is 4.45. The van der Waals surface area contributed by atoms with Gasteiger partial charge in [0.15, 0.2) is 0 Å². The maximum absolute atomic E-state index is 10.9. The molecule has 2 rings (SSSR count). The zero-order chi connectivity index (χ0) is 12.3. The molecule has 0 aliphatic carbocycles. The highest BCUT2D eigenvalue weighted by Gasteiger charge is 2.42. The van der Waals surface area contributed by atoms with E-state index < -0.39 is 5.60 Å². The molecule has 3 nitrogen and oxygen atoms in total. The van der Waals surface area contributed by atoms with Crippen molar-refractivity contribution in [3.8, 4) is 0 Å². The maximum atomic E-state index is 10.9. The lowest BCUT2D eigenvalue weighted by Crippen LogP contribution is -2.58. The Morgan fingerprint density at radius 2 is 2.18 bits per heavy atom. The van der Waals surface area contributed by atoms with Gasteiger partial charge in [0.2, 0.25) is 0 Å². The highest BCUT2D eigenvalue weighted by Crippen LogP contribution is 2.34. The zero-order valence-corrected chi connectivity index (χ0v) is 11.2. The topological polar surface area (TPSA) is 41.5 Å². The fraction of sp³-hybridized carbons (Fsp3) is 1.00. The van der Waals surface area contributed by atoms with Crippen LogP contribution in [-0.4, -0.2) is 36.0 Å².